The van der Waals surface area contributed by atoms with E-state index < -0.39 is 46.4 Å². The predicted molar refractivity (Wildman–Crippen MR) is 169 cm³/mol. The molecule has 3 unspecified atom stereocenters. The zero-order valence-corrected chi connectivity index (χ0v) is 26.1. The van der Waals surface area contributed by atoms with Crippen molar-refractivity contribution in [3.05, 3.63) is 127 Å². The summed E-state index contributed by atoms with van der Waals surface area (Å²) in [4.78, 5) is 56.7. The molecule has 0 heterocycles. The molecule has 3 atom stereocenters. The molecule has 1 aliphatic rings. The molecule has 0 spiro atoms. The highest BCUT2D eigenvalue weighted by Crippen LogP contribution is 2.28. The molecular formula is C33H34N2O13. The minimum absolute atomic E-state index is 0.0239. The number of rotatable bonds is 16. The normalized spacial score (nSPS) is 15.6. The number of nitro benzene ring substituents is 2. The average Bonchev–Trinajstić information content (AvgIpc) is 3.04. The van der Waals surface area contributed by atoms with E-state index in [9.17, 15) is 34.6 Å². The maximum atomic E-state index is 12.2. The van der Waals surface area contributed by atoms with E-state index in [2.05, 4.69) is 0 Å². The molecule has 1 N–H and O–H groups in total. The zero-order valence-electron chi connectivity index (χ0n) is 26.1. The van der Waals surface area contributed by atoms with Crippen LogP contribution in [-0.2, 0) is 28.5 Å². The third-order valence-corrected chi connectivity index (χ3v) is 6.74. The lowest BCUT2D eigenvalue weighted by Crippen LogP contribution is -2.16. The van der Waals surface area contributed by atoms with Crippen LogP contribution in [0.2, 0.25) is 0 Å². The Bertz CT molecular complexity index is 1610. The lowest BCUT2D eigenvalue weighted by atomic mass is 9.96. The lowest BCUT2D eigenvalue weighted by Gasteiger charge is -2.20. The van der Waals surface area contributed by atoms with E-state index in [-0.39, 0.29) is 48.7 Å². The van der Waals surface area contributed by atoms with Crippen molar-refractivity contribution >= 4 is 29.7 Å². The van der Waals surface area contributed by atoms with Crippen molar-refractivity contribution in [3.63, 3.8) is 0 Å². The summed E-state index contributed by atoms with van der Waals surface area (Å²) in [7, 11) is 0. The van der Waals surface area contributed by atoms with Crippen molar-refractivity contribution in [1.29, 1.82) is 0 Å². The van der Waals surface area contributed by atoms with Gasteiger partial charge in [-0.15, -0.1) is 0 Å². The second kappa shape index (κ2) is 18.3. The molecule has 0 bridgehead atoms. The SMILES string of the molecule is CC(OC(=O)OCC=CC1=CC(OCCC(=O)O)CC(C=CCOC(=O)OC(C)c2ccccc2[N+](=O)[O-])=C1)c1ccccc1[N+](=O)[O-]. The molecule has 3 rings (SSSR count). The van der Waals surface area contributed by atoms with Crippen molar-refractivity contribution in [1.82, 2.24) is 0 Å². The standard InChI is InChI=1S/C33H34N2O13/c1-22(27-11-3-5-13-29(27)34(40)41)47-32(38)45-16-7-9-24-19-25(21-26(20-24)44-18-15-31(36)37)10-8-17-46-33(39)48-23(2)28-12-4-6-14-30(28)35(42)43/h3-14,19-20,22-23,26H,15-18,21H2,1-2H3,(H,36,37). The van der Waals surface area contributed by atoms with Gasteiger partial charge in [-0.25, -0.2) is 9.59 Å². The van der Waals surface area contributed by atoms with Crippen molar-refractivity contribution in [2.75, 3.05) is 19.8 Å². The number of nitrogens with zero attached hydrogens (tertiary/aromatic N) is 2. The highest BCUT2D eigenvalue weighted by molar-refractivity contribution is 5.66. The number of carbonyl (C=O) groups excluding carboxylic acids is 2. The number of aliphatic carboxylic acids is 1. The minimum atomic E-state index is -1.02. The Kier molecular flexibility index (Phi) is 14.0. The summed E-state index contributed by atoms with van der Waals surface area (Å²) in [6.45, 7) is 2.61. The number of carbonyl (C=O) groups is 3. The Morgan fingerprint density at radius 2 is 1.35 bits per heavy atom. The number of nitro groups is 2. The molecular weight excluding hydrogens is 632 g/mol. The molecule has 0 saturated heterocycles. The number of ether oxygens (including phenoxy) is 5. The van der Waals surface area contributed by atoms with Gasteiger partial charge in [-0.3, -0.25) is 25.0 Å². The van der Waals surface area contributed by atoms with E-state index in [0.717, 1.165) is 5.57 Å². The maximum absolute atomic E-state index is 12.2. The third kappa shape index (κ3) is 11.8. The Morgan fingerprint density at radius 3 is 1.85 bits per heavy atom. The molecule has 1 aliphatic carbocycles. The van der Waals surface area contributed by atoms with Crippen LogP contribution >= 0.6 is 0 Å². The van der Waals surface area contributed by atoms with Crippen molar-refractivity contribution in [3.8, 4) is 0 Å². The minimum Gasteiger partial charge on any atom is -0.481 e. The number of hydrogen-bond donors (Lipinski definition) is 1. The van der Waals surface area contributed by atoms with Gasteiger partial charge in [0.2, 0.25) is 0 Å². The first kappa shape index (κ1) is 36.6. The molecule has 254 valence electrons. The van der Waals surface area contributed by atoms with E-state index in [1.165, 1.54) is 56.3 Å². The largest absolute Gasteiger partial charge is 0.509 e. The van der Waals surface area contributed by atoms with Crippen LogP contribution in [0.25, 0.3) is 0 Å². The molecule has 0 fully saturated rings. The fourth-order valence-corrected chi connectivity index (χ4v) is 4.55. The molecule has 0 aromatic heterocycles. The van der Waals surface area contributed by atoms with Gasteiger partial charge in [0.15, 0.2) is 0 Å². The summed E-state index contributed by atoms with van der Waals surface area (Å²) in [6.07, 6.45) is 5.83. The Morgan fingerprint density at radius 1 is 0.854 bits per heavy atom. The first-order valence-electron chi connectivity index (χ1n) is 14.7. The smallest absolute Gasteiger partial charge is 0.481 e. The fourth-order valence-electron chi connectivity index (χ4n) is 4.55. The Labute approximate surface area is 275 Å². The van der Waals surface area contributed by atoms with Crippen LogP contribution in [-0.4, -0.2) is 59.2 Å². The molecule has 2 aromatic carbocycles. The Hall–Kier alpha value is -5.83. The molecule has 48 heavy (non-hydrogen) atoms. The molecule has 2 aromatic rings. The summed E-state index contributed by atoms with van der Waals surface area (Å²) in [5.41, 5.74) is 1.48. The van der Waals surface area contributed by atoms with Gasteiger partial charge in [-0.2, -0.15) is 0 Å². The second-order valence-electron chi connectivity index (χ2n) is 10.2. The number of para-hydroxylation sites is 2. The lowest BCUT2D eigenvalue weighted by molar-refractivity contribution is -0.386. The maximum Gasteiger partial charge on any atom is 0.509 e. The van der Waals surface area contributed by atoms with Crippen LogP contribution in [0.3, 0.4) is 0 Å². The molecule has 0 aliphatic heterocycles. The van der Waals surface area contributed by atoms with E-state index in [4.69, 9.17) is 28.8 Å². The molecule has 0 amide bonds. The molecule has 15 nitrogen and oxygen atoms in total. The van der Waals surface area contributed by atoms with Gasteiger partial charge in [0.1, 0.15) is 25.4 Å². The second-order valence-corrected chi connectivity index (χ2v) is 10.2. The van der Waals surface area contributed by atoms with Gasteiger partial charge < -0.3 is 28.8 Å². The number of allylic oxidation sites excluding steroid dienone is 4. The topological polar surface area (TPSA) is 204 Å². The molecule has 0 radical (unpaired) electrons. The van der Waals surface area contributed by atoms with Crippen LogP contribution in [0.4, 0.5) is 21.0 Å². The van der Waals surface area contributed by atoms with E-state index >= 15 is 0 Å². The fraction of sp³-hybridized carbons (Fsp3) is 0.303. The summed E-state index contributed by atoms with van der Waals surface area (Å²) in [5.74, 6) is -1.01. The summed E-state index contributed by atoms with van der Waals surface area (Å²) < 4.78 is 26.2. The van der Waals surface area contributed by atoms with Crippen LogP contribution in [0.15, 0.2) is 96.1 Å². The first-order chi connectivity index (χ1) is 22.9. The van der Waals surface area contributed by atoms with E-state index in [0.29, 0.717) is 12.0 Å². The van der Waals surface area contributed by atoms with Crippen molar-refractivity contribution in [2.45, 2.75) is 45.0 Å². The van der Waals surface area contributed by atoms with Gasteiger partial charge in [0.25, 0.3) is 11.4 Å². The highest BCUT2D eigenvalue weighted by Gasteiger charge is 2.23. The van der Waals surface area contributed by atoms with Gasteiger partial charge in [0.05, 0.1) is 40.1 Å². The van der Waals surface area contributed by atoms with Crippen LogP contribution in [0.5, 0.6) is 0 Å². The number of carboxylic acids is 1. The van der Waals surface area contributed by atoms with Crippen LogP contribution in [0.1, 0.15) is 50.0 Å². The zero-order chi connectivity index (χ0) is 35.1. The summed E-state index contributed by atoms with van der Waals surface area (Å²) in [5, 5.41) is 31.4. The van der Waals surface area contributed by atoms with Crippen LogP contribution < -0.4 is 0 Å². The number of hydrogen-bond acceptors (Lipinski definition) is 12. The number of benzene rings is 2. The Balaban J connectivity index is 1.55. The number of carboxylic acid groups (broad SMARTS) is 1. The monoisotopic (exact) mass is 666 g/mol. The predicted octanol–water partition coefficient (Wildman–Crippen LogP) is 6.86. The highest BCUT2D eigenvalue weighted by atomic mass is 16.7. The van der Waals surface area contributed by atoms with Gasteiger partial charge >= 0.3 is 18.3 Å². The van der Waals surface area contributed by atoms with Gasteiger partial charge in [0, 0.05) is 18.6 Å². The van der Waals surface area contributed by atoms with Gasteiger partial charge in [-0.1, -0.05) is 42.5 Å². The van der Waals surface area contributed by atoms with Crippen molar-refractivity contribution < 1.29 is 53.0 Å². The molecule has 0 saturated carbocycles. The van der Waals surface area contributed by atoms with Gasteiger partial charge in [-0.05, 0) is 55.4 Å². The van der Waals surface area contributed by atoms with E-state index in [1.54, 1.807) is 42.5 Å². The first-order valence-corrected chi connectivity index (χ1v) is 14.7. The third-order valence-electron chi connectivity index (χ3n) is 6.74. The van der Waals surface area contributed by atoms with Crippen molar-refractivity contribution in [2.24, 2.45) is 0 Å². The summed E-state index contributed by atoms with van der Waals surface area (Å²) >= 11 is 0. The molecule has 15 heteroatoms. The average molecular weight is 667 g/mol. The summed E-state index contributed by atoms with van der Waals surface area (Å²) in [6, 6.07) is 11.8. The quantitative estimate of drug-likeness (QED) is 0.111. The van der Waals surface area contributed by atoms with E-state index in [1.807, 2.05) is 0 Å². The van der Waals surface area contributed by atoms with Crippen LogP contribution in [0, 0.1) is 20.2 Å².